The summed E-state index contributed by atoms with van der Waals surface area (Å²) in [4.78, 5) is 4.78. The molecule has 3 heteroatoms. The van der Waals surface area contributed by atoms with E-state index in [1.165, 1.54) is 86.2 Å². The van der Waals surface area contributed by atoms with Crippen molar-refractivity contribution in [2.24, 2.45) is 0 Å². The van der Waals surface area contributed by atoms with Gasteiger partial charge in [0.25, 0.3) is 0 Å². The second-order valence-corrected chi connectivity index (χ2v) is 20.1. The number of rotatable bonds is 10. The molecule has 0 radical (unpaired) electrons. The summed E-state index contributed by atoms with van der Waals surface area (Å²) in [5, 5.41) is 7.46. The first kappa shape index (κ1) is 44.0. The number of fused-ring (bicyclic) bond motifs is 5. The lowest BCUT2D eigenvalue weighted by Gasteiger charge is -2.28. The van der Waals surface area contributed by atoms with E-state index < -0.39 is 0 Å². The zero-order valence-electron chi connectivity index (χ0n) is 40.7. The Bertz CT molecular complexity index is 4140. The monoisotopic (exact) mass is 950 g/mol. The average Bonchev–Trinajstić information content (AvgIpc) is 3.83. The van der Waals surface area contributed by atoms with Gasteiger partial charge in [-0.25, -0.2) is 0 Å². The highest BCUT2D eigenvalue weighted by Gasteiger charge is 2.19. The molecule has 0 aliphatic rings. The number of hydrogen-bond acceptors (Lipinski definition) is 3. The molecule has 0 amide bonds. The maximum Gasteiger partial charge on any atom is 0.0540 e. The Balaban J connectivity index is 0.832. The van der Waals surface area contributed by atoms with E-state index in [1.807, 2.05) is 11.3 Å². The minimum atomic E-state index is 1.09. The van der Waals surface area contributed by atoms with E-state index in [2.05, 4.69) is 291 Å². The van der Waals surface area contributed by atoms with Crippen LogP contribution in [-0.2, 0) is 0 Å². The molecular weight excluding hydrogens is 901 g/mol. The molecule has 13 aromatic rings. The van der Waals surface area contributed by atoms with Crippen LogP contribution in [0.4, 0.5) is 34.1 Å². The summed E-state index contributed by atoms with van der Waals surface area (Å²) in [5.41, 5.74) is 18.9. The predicted octanol–water partition coefficient (Wildman–Crippen LogP) is 20.6. The zero-order valence-corrected chi connectivity index (χ0v) is 41.5. The van der Waals surface area contributed by atoms with Gasteiger partial charge < -0.3 is 9.80 Å². The molecule has 0 spiro atoms. The van der Waals surface area contributed by atoms with E-state index in [9.17, 15) is 0 Å². The van der Waals surface area contributed by atoms with Gasteiger partial charge in [0.2, 0.25) is 0 Å². The topological polar surface area (TPSA) is 6.48 Å². The number of nitrogens with zero attached hydrogens (tertiary/aromatic N) is 2. The van der Waals surface area contributed by atoms with Crippen molar-refractivity contribution >= 4 is 87.2 Å². The summed E-state index contributed by atoms with van der Waals surface area (Å²) in [5.74, 6) is 0. The molecule has 0 fully saturated rings. The summed E-state index contributed by atoms with van der Waals surface area (Å²) in [6, 6.07) is 97.8. The van der Waals surface area contributed by atoms with Gasteiger partial charge in [0, 0.05) is 53.7 Å². The molecule has 2 nitrogen and oxygen atoms in total. The molecule has 0 saturated heterocycles. The zero-order chi connectivity index (χ0) is 48.8. The van der Waals surface area contributed by atoms with Gasteiger partial charge >= 0.3 is 0 Å². The van der Waals surface area contributed by atoms with Crippen LogP contribution in [0, 0.1) is 13.8 Å². The fraction of sp³-hybridized carbons (Fsp3) is 0.0286. The highest BCUT2D eigenvalue weighted by molar-refractivity contribution is 7.25. The van der Waals surface area contributed by atoms with E-state index in [-0.39, 0.29) is 0 Å². The van der Waals surface area contributed by atoms with Crippen LogP contribution in [0.5, 0.6) is 0 Å². The fourth-order valence-corrected chi connectivity index (χ4v) is 11.8. The van der Waals surface area contributed by atoms with Gasteiger partial charge in [0.15, 0.2) is 0 Å². The first-order valence-corrected chi connectivity index (χ1v) is 25.9. The number of anilines is 6. The lowest BCUT2D eigenvalue weighted by atomic mass is 9.93. The van der Waals surface area contributed by atoms with Gasteiger partial charge in [0.05, 0.1) is 11.4 Å². The Kier molecular flexibility index (Phi) is 11.2. The van der Waals surface area contributed by atoms with Crippen LogP contribution in [0.1, 0.15) is 11.1 Å². The number of hydrogen-bond donors (Lipinski definition) is 0. The maximum absolute atomic E-state index is 2.39. The Morgan fingerprint density at radius 3 is 1.18 bits per heavy atom. The van der Waals surface area contributed by atoms with E-state index in [0.717, 1.165) is 45.3 Å². The van der Waals surface area contributed by atoms with Crippen LogP contribution in [0.2, 0.25) is 0 Å². The Labute approximate surface area is 431 Å². The second kappa shape index (κ2) is 18.6. The summed E-state index contributed by atoms with van der Waals surface area (Å²) < 4.78 is 2.64. The van der Waals surface area contributed by atoms with Gasteiger partial charge in [-0.1, -0.05) is 182 Å². The summed E-state index contributed by atoms with van der Waals surface area (Å²) >= 11 is 1.86. The fourth-order valence-electron chi connectivity index (χ4n) is 10.7. The van der Waals surface area contributed by atoms with E-state index >= 15 is 0 Å². The van der Waals surface area contributed by atoms with Gasteiger partial charge in [-0.15, -0.1) is 11.3 Å². The first-order valence-electron chi connectivity index (χ1n) is 25.1. The molecule has 0 saturated carbocycles. The molecular formula is C70H50N2S. The molecule has 13 rings (SSSR count). The molecule has 0 unspecified atom stereocenters. The van der Waals surface area contributed by atoms with Gasteiger partial charge in [0.1, 0.15) is 0 Å². The van der Waals surface area contributed by atoms with Crippen molar-refractivity contribution in [1.29, 1.82) is 0 Å². The number of aryl methyl sites for hydroxylation is 2. The quantitative estimate of drug-likeness (QED) is 0.135. The third-order valence-corrected chi connectivity index (χ3v) is 15.7. The van der Waals surface area contributed by atoms with Gasteiger partial charge in [-0.05, 0) is 165 Å². The summed E-state index contributed by atoms with van der Waals surface area (Å²) in [6.45, 7) is 4.39. The summed E-state index contributed by atoms with van der Waals surface area (Å²) in [7, 11) is 0. The normalized spacial score (nSPS) is 11.4. The third-order valence-electron chi connectivity index (χ3n) is 14.6. The Morgan fingerprint density at radius 1 is 0.260 bits per heavy atom. The standard InChI is InChI=1S/C70H50N2S/c1-47-13-3-6-18-61(47)65-45-55(26-25-48(65)2)51-31-40-59(41-32-51)71(67-22-11-16-53-14-4-7-19-62(53)67)57-36-27-49(28-37-57)50-29-38-58(39-30-50)72(68-23-12-17-54-15-5-8-20-63(54)68)60-42-33-52(34-43-60)56-35-44-70-66(46-56)64-21-9-10-24-69(64)73-70/h3-46H,1-2H3. The van der Waals surface area contributed by atoms with Crippen molar-refractivity contribution in [3.63, 3.8) is 0 Å². The van der Waals surface area contributed by atoms with Crippen molar-refractivity contribution in [2.75, 3.05) is 9.80 Å². The van der Waals surface area contributed by atoms with Crippen molar-refractivity contribution in [1.82, 2.24) is 0 Å². The molecule has 1 heterocycles. The van der Waals surface area contributed by atoms with Crippen LogP contribution in [0.15, 0.2) is 267 Å². The van der Waals surface area contributed by atoms with Crippen molar-refractivity contribution in [3.05, 3.63) is 278 Å². The molecule has 0 aliphatic heterocycles. The second-order valence-electron chi connectivity index (χ2n) is 19.0. The minimum Gasteiger partial charge on any atom is -0.310 e. The lowest BCUT2D eigenvalue weighted by Crippen LogP contribution is -2.10. The SMILES string of the molecule is Cc1ccccc1-c1cc(-c2ccc(N(c3ccc(-c4ccc(N(c5ccc(-c6ccc7sc8ccccc8c7c6)cc5)c5cccc6ccccc56)cc4)cc3)c3cccc4ccccc34)cc2)ccc1C. The van der Waals surface area contributed by atoms with Crippen molar-refractivity contribution < 1.29 is 0 Å². The molecule has 1 aromatic heterocycles. The van der Waals surface area contributed by atoms with E-state index in [1.54, 1.807) is 0 Å². The van der Waals surface area contributed by atoms with Crippen LogP contribution in [0.3, 0.4) is 0 Å². The van der Waals surface area contributed by atoms with E-state index in [4.69, 9.17) is 0 Å². The largest absolute Gasteiger partial charge is 0.310 e. The van der Waals surface area contributed by atoms with Crippen LogP contribution < -0.4 is 9.80 Å². The van der Waals surface area contributed by atoms with Gasteiger partial charge in [-0.2, -0.15) is 0 Å². The van der Waals surface area contributed by atoms with Crippen LogP contribution in [0.25, 0.3) is 86.2 Å². The molecule has 0 bridgehead atoms. The minimum absolute atomic E-state index is 1.09. The van der Waals surface area contributed by atoms with Gasteiger partial charge in [-0.3, -0.25) is 0 Å². The molecule has 0 aliphatic carbocycles. The van der Waals surface area contributed by atoms with E-state index in [0.29, 0.717) is 0 Å². The highest BCUT2D eigenvalue weighted by atomic mass is 32.1. The molecule has 73 heavy (non-hydrogen) atoms. The average molecular weight is 951 g/mol. The van der Waals surface area contributed by atoms with Crippen molar-refractivity contribution in [2.45, 2.75) is 13.8 Å². The number of thiophene rings is 1. The third kappa shape index (κ3) is 8.20. The molecule has 12 aromatic carbocycles. The molecule has 0 atom stereocenters. The predicted molar refractivity (Wildman–Crippen MR) is 315 cm³/mol. The molecule has 0 N–H and O–H groups in total. The molecule has 346 valence electrons. The maximum atomic E-state index is 2.39. The Hall–Kier alpha value is -9.02. The first-order chi connectivity index (χ1) is 36.0. The van der Waals surface area contributed by atoms with Crippen molar-refractivity contribution in [3.8, 4) is 44.5 Å². The van der Waals surface area contributed by atoms with Crippen LogP contribution in [-0.4, -0.2) is 0 Å². The lowest BCUT2D eigenvalue weighted by molar-refractivity contribution is 1.29. The van der Waals surface area contributed by atoms with Crippen LogP contribution >= 0.6 is 11.3 Å². The highest BCUT2D eigenvalue weighted by Crippen LogP contribution is 2.44. The smallest absolute Gasteiger partial charge is 0.0540 e. The number of benzene rings is 12. The summed E-state index contributed by atoms with van der Waals surface area (Å²) in [6.07, 6.45) is 0. The Morgan fingerprint density at radius 2 is 0.644 bits per heavy atom.